The van der Waals surface area contributed by atoms with Gasteiger partial charge in [-0.05, 0) is 60.5 Å². The Morgan fingerprint density at radius 1 is 0.958 bits per heavy atom. The maximum atomic E-state index is 15.8. The number of halogens is 7. The number of fused-ring (bicyclic) bond motifs is 2. The van der Waals surface area contributed by atoms with E-state index in [1.54, 1.807) is 47.2 Å². The monoisotopic (exact) mass is 732 g/mol. The van der Waals surface area contributed by atoms with Gasteiger partial charge in [-0.2, -0.15) is 0 Å². The molecule has 0 radical (unpaired) electrons. The molecule has 1 atom stereocenters. The third-order valence-electron chi connectivity index (χ3n) is 8.43. The molecular weight excluding hydrogens is 711 g/mol. The molecule has 7 nitrogen and oxygen atoms in total. The predicted molar refractivity (Wildman–Crippen MR) is 179 cm³/mol. The summed E-state index contributed by atoms with van der Waals surface area (Å²) in [6.07, 6.45) is 2.42. The fraction of sp³-hybridized carbons (Fsp3) is 0.206. The predicted octanol–water partition coefficient (Wildman–Crippen LogP) is 9.30. The standard InChI is InChI=1S/C34H23Cl4F3N4O3/c1-47-34(46)17-3-5-25-26(11-17)45(14-19-7-9-48-19)27(42-25)12-18-10-23(40)20(13-22(18)39)24-4-2-16-6-8-44(33(16)43-24)15-21-28(35)29(36)30(37)31(38)32(21)41/h2-6,8,10-11,13,19H,7,9,12,14-15H2,1H3/t19-/m0/s1. The molecule has 0 unspecified atom stereocenters. The Morgan fingerprint density at radius 2 is 1.73 bits per heavy atom. The van der Waals surface area contributed by atoms with Crippen LogP contribution in [0, 0.1) is 17.5 Å². The zero-order chi connectivity index (χ0) is 33.9. The van der Waals surface area contributed by atoms with Crippen LogP contribution in [0.25, 0.3) is 33.3 Å². The Labute approximate surface area is 291 Å². The van der Waals surface area contributed by atoms with E-state index >= 15 is 13.2 Å². The molecule has 3 aromatic carbocycles. The van der Waals surface area contributed by atoms with Crippen LogP contribution in [0.2, 0.25) is 20.1 Å². The number of aromatic nitrogens is 4. The number of rotatable bonds is 8. The average Bonchev–Trinajstić information content (AvgIpc) is 3.63. The van der Waals surface area contributed by atoms with Gasteiger partial charge in [0.05, 0.1) is 68.7 Å². The highest BCUT2D eigenvalue weighted by molar-refractivity contribution is 6.52. The molecule has 1 aliphatic rings. The van der Waals surface area contributed by atoms with Crippen LogP contribution in [0.3, 0.4) is 0 Å². The number of nitrogens with zero attached hydrogens (tertiary/aromatic N) is 4. The average molecular weight is 734 g/mol. The number of esters is 1. The smallest absolute Gasteiger partial charge is 0.337 e. The van der Waals surface area contributed by atoms with Crippen LogP contribution in [0.1, 0.15) is 33.7 Å². The van der Waals surface area contributed by atoms with Crippen molar-refractivity contribution < 1.29 is 27.4 Å². The molecule has 4 heterocycles. The molecule has 0 aliphatic carbocycles. The molecule has 1 fully saturated rings. The normalized spacial score (nSPS) is 14.5. The van der Waals surface area contributed by atoms with Gasteiger partial charge in [0.25, 0.3) is 0 Å². The molecule has 0 saturated carbocycles. The van der Waals surface area contributed by atoms with E-state index in [9.17, 15) is 4.79 Å². The molecule has 1 saturated heterocycles. The third-order valence-corrected chi connectivity index (χ3v) is 10.2. The van der Waals surface area contributed by atoms with Crippen molar-refractivity contribution in [3.8, 4) is 11.3 Å². The molecule has 48 heavy (non-hydrogen) atoms. The second-order valence-electron chi connectivity index (χ2n) is 11.3. The minimum atomic E-state index is -0.824. The van der Waals surface area contributed by atoms with Gasteiger partial charge in [0.1, 0.15) is 28.9 Å². The lowest BCUT2D eigenvalue weighted by atomic mass is 10.0. The van der Waals surface area contributed by atoms with E-state index < -0.39 is 23.4 Å². The zero-order valence-corrected chi connectivity index (χ0v) is 28.0. The van der Waals surface area contributed by atoms with Crippen LogP contribution in [0.4, 0.5) is 13.2 Å². The molecule has 246 valence electrons. The Bertz CT molecular complexity index is 2240. The first-order chi connectivity index (χ1) is 23.0. The largest absolute Gasteiger partial charge is 0.465 e. The number of methoxy groups -OCH3 is 1. The summed E-state index contributed by atoms with van der Waals surface area (Å²) in [6, 6.07) is 12.2. The van der Waals surface area contributed by atoms with Crippen molar-refractivity contribution in [1.29, 1.82) is 0 Å². The van der Waals surface area contributed by atoms with Crippen molar-refractivity contribution in [2.75, 3.05) is 13.7 Å². The molecule has 7 rings (SSSR count). The van der Waals surface area contributed by atoms with Gasteiger partial charge in [0.15, 0.2) is 0 Å². The van der Waals surface area contributed by atoms with Gasteiger partial charge in [-0.1, -0.05) is 46.4 Å². The first-order valence-electron chi connectivity index (χ1n) is 14.7. The van der Waals surface area contributed by atoms with Gasteiger partial charge in [0.2, 0.25) is 0 Å². The highest BCUT2D eigenvalue weighted by Crippen LogP contribution is 2.41. The van der Waals surface area contributed by atoms with Crippen molar-refractivity contribution in [2.45, 2.75) is 32.0 Å². The van der Waals surface area contributed by atoms with E-state index in [1.165, 1.54) is 7.11 Å². The number of hydrogen-bond acceptors (Lipinski definition) is 5. The Hall–Kier alpha value is -3.80. The summed E-state index contributed by atoms with van der Waals surface area (Å²) < 4.78 is 60.5. The second kappa shape index (κ2) is 12.9. The topological polar surface area (TPSA) is 71.2 Å². The fourth-order valence-electron chi connectivity index (χ4n) is 5.78. The van der Waals surface area contributed by atoms with Gasteiger partial charge in [-0.3, -0.25) is 0 Å². The van der Waals surface area contributed by atoms with Crippen LogP contribution in [0.5, 0.6) is 0 Å². The van der Waals surface area contributed by atoms with Crippen molar-refractivity contribution in [2.24, 2.45) is 0 Å². The van der Waals surface area contributed by atoms with E-state index in [-0.39, 0.29) is 61.5 Å². The third kappa shape index (κ3) is 5.79. The maximum absolute atomic E-state index is 15.8. The van der Waals surface area contributed by atoms with Gasteiger partial charge in [-0.15, -0.1) is 0 Å². The molecular formula is C34H23Cl4F3N4O3. The summed E-state index contributed by atoms with van der Waals surface area (Å²) in [6.45, 7) is 0.969. The van der Waals surface area contributed by atoms with Crippen molar-refractivity contribution in [1.82, 2.24) is 19.1 Å². The van der Waals surface area contributed by atoms with E-state index in [0.29, 0.717) is 46.6 Å². The van der Waals surface area contributed by atoms with E-state index in [2.05, 4.69) is 9.97 Å². The van der Waals surface area contributed by atoms with Crippen LogP contribution >= 0.6 is 46.4 Å². The van der Waals surface area contributed by atoms with E-state index in [0.717, 1.165) is 18.6 Å². The highest BCUT2D eigenvalue weighted by Gasteiger charge is 2.25. The summed E-state index contributed by atoms with van der Waals surface area (Å²) in [5.41, 5.74) is 2.15. The molecule has 14 heteroatoms. The molecule has 1 aliphatic heterocycles. The molecule has 0 N–H and O–H groups in total. The van der Waals surface area contributed by atoms with Crippen LogP contribution in [0.15, 0.2) is 54.7 Å². The lowest BCUT2D eigenvalue weighted by Gasteiger charge is -2.27. The Kier molecular flexibility index (Phi) is 8.80. The number of hydrogen-bond donors (Lipinski definition) is 0. The van der Waals surface area contributed by atoms with Gasteiger partial charge < -0.3 is 18.6 Å². The second-order valence-corrected chi connectivity index (χ2v) is 12.8. The molecule has 6 aromatic rings. The van der Waals surface area contributed by atoms with Crippen LogP contribution in [-0.4, -0.2) is 44.9 Å². The summed E-state index contributed by atoms with van der Waals surface area (Å²) in [4.78, 5) is 21.5. The number of carbonyl (C=O) groups is 1. The highest BCUT2D eigenvalue weighted by atomic mass is 35.5. The summed E-state index contributed by atoms with van der Waals surface area (Å²) in [5, 5.41) is -0.0609. The Balaban J connectivity index is 1.23. The minimum Gasteiger partial charge on any atom is -0.465 e. The van der Waals surface area contributed by atoms with Crippen LogP contribution < -0.4 is 0 Å². The van der Waals surface area contributed by atoms with Gasteiger partial charge in [-0.25, -0.2) is 27.9 Å². The number of ether oxygens (including phenoxy) is 2. The van der Waals surface area contributed by atoms with Crippen molar-refractivity contribution in [3.05, 3.63) is 115 Å². The van der Waals surface area contributed by atoms with E-state index in [4.69, 9.17) is 55.9 Å². The molecule has 0 bridgehead atoms. The number of benzene rings is 3. The fourth-order valence-corrected chi connectivity index (χ4v) is 6.70. The lowest BCUT2D eigenvalue weighted by molar-refractivity contribution is -0.0589. The van der Waals surface area contributed by atoms with Gasteiger partial charge in [0, 0.05) is 35.7 Å². The Morgan fingerprint density at radius 3 is 2.46 bits per heavy atom. The number of imidazole rings is 1. The summed E-state index contributed by atoms with van der Waals surface area (Å²) in [5.74, 6) is -2.19. The summed E-state index contributed by atoms with van der Waals surface area (Å²) >= 11 is 24.5. The molecule has 0 spiro atoms. The number of pyridine rings is 1. The number of carbonyl (C=O) groups excluding carboxylic acids is 1. The zero-order valence-electron chi connectivity index (χ0n) is 25.0. The van der Waals surface area contributed by atoms with Crippen LogP contribution in [-0.2, 0) is 29.0 Å². The van der Waals surface area contributed by atoms with Crippen molar-refractivity contribution in [3.63, 3.8) is 0 Å². The van der Waals surface area contributed by atoms with Gasteiger partial charge >= 0.3 is 5.97 Å². The first kappa shape index (κ1) is 32.7. The summed E-state index contributed by atoms with van der Waals surface area (Å²) in [7, 11) is 1.30. The maximum Gasteiger partial charge on any atom is 0.337 e. The minimum absolute atomic E-state index is 0.00115. The molecule has 3 aromatic heterocycles. The SMILES string of the molecule is COC(=O)c1ccc2nc(Cc3cc(F)c(-c4ccc5ccn(Cc6c(F)c(Cl)c(Cl)c(Cl)c6Cl)c5n4)cc3F)n(C[C@@H]3CCO3)c2c1. The van der Waals surface area contributed by atoms with E-state index in [1.807, 2.05) is 4.57 Å². The van der Waals surface area contributed by atoms with Crippen molar-refractivity contribution >= 4 is 74.4 Å². The lowest BCUT2D eigenvalue weighted by Crippen LogP contribution is -2.31. The molecule has 0 amide bonds. The quantitative estimate of drug-likeness (QED) is 0.0886. The first-order valence-corrected chi connectivity index (χ1v) is 16.2.